The van der Waals surface area contributed by atoms with Gasteiger partial charge in [-0.1, -0.05) is 6.07 Å². The quantitative estimate of drug-likeness (QED) is 0.912. The molecule has 23 heavy (non-hydrogen) atoms. The number of nitrogens with one attached hydrogen (secondary N) is 2. The number of hydrogen-bond donors (Lipinski definition) is 2. The minimum Gasteiger partial charge on any atom is -0.477 e. The van der Waals surface area contributed by atoms with E-state index in [1.807, 2.05) is 19.1 Å². The van der Waals surface area contributed by atoms with E-state index >= 15 is 0 Å². The van der Waals surface area contributed by atoms with Crippen molar-refractivity contribution >= 4 is 5.82 Å². The van der Waals surface area contributed by atoms with Crippen LogP contribution < -0.4 is 15.4 Å². The molecular weight excluding hydrogens is 288 g/mol. The summed E-state index contributed by atoms with van der Waals surface area (Å²) in [6, 6.07) is 8.29. The maximum Gasteiger partial charge on any atom is 0.222 e. The van der Waals surface area contributed by atoms with Gasteiger partial charge in [0.1, 0.15) is 5.82 Å². The minimum absolute atomic E-state index is 0.254. The summed E-state index contributed by atoms with van der Waals surface area (Å²) >= 11 is 0. The third-order valence-electron chi connectivity index (χ3n) is 4.95. The molecule has 120 valence electrons. The normalized spacial score (nSPS) is 18.5. The van der Waals surface area contributed by atoms with Gasteiger partial charge in [0.25, 0.3) is 0 Å². The maximum atomic E-state index is 5.64. The van der Waals surface area contributed by atoms with Crippen LogP contribution in [-0.4, -0.2) is 36.2 Å². The van der Waals surface area contributed by atoms with Crippen LogP contribution in [0.25, 0.3) is 11.3 Å². The lowest BCUT2D eigenvalue weighted by Gasteiger charge is -2.33. The first-order chi connectivity index (χ1) is 11.3. The highest BCUT2D eigenvalue weighted by atomic mass is 16.5. The van der Waals surface area contributed by atoms with E-state index in [1.165, 1.54) is 18.4 Å². The van der Waals surface area contributed by atoms with Crippen molar-refractivity contribution in [2.45, 2.75) is 25.2 Å². The fourth-order valence-corrected chi connectivity index (χ4v) is 3.71. The van der Waals surface area contributed by atoms with Crippen LogP contribution in [0.4, 0.5) is 5.82 Å². The van der Waals surface area contributed by atoms with E-state index in [0.717, 1.165) is 36.7 Å². The molecule has 2 aliphatic rings. The van der Waals surface area contributed by atoms with E-state index in [1.54, 1.807) is 6.20 Å². The Bertz CT molecular complexity index is 710. The summed E-state index contributed by atoms with van der Waals surface area (Å²) in [5.74, 6) is 1.67. The minimum atomic E-state index is 0.254. The highest BCUT2D eigenvalue weighted by Crippen LogP contribution is 2.43. The monoisotopic (exact) mass is 310 g/mol. The van der Waals surface area contributed by atoms with Crippen molar-refractivity contribution in [1.29, 1.82) is 0 Å². The van der Waals surface area contributed by atoms with Gasteiger partial charge in [-0.2, -0.15) is 0 Å². The van der Waals surface area contributed by atoms with Crippen molar-refractivity contribution in [3.8, 4) is 17.1 Å². The Morgan fingerprint density at radius 3 is 2.91 bits per heavy atom. The smallest absolute Gasteiger partial charge is 0.222 e. The number of anilines is 1. The van der Waals surface area contributed by atoms with Crippen molar-refractivity contribution in [3.05, 3.63) is 36.0 Å². The molecule has 0 unspecified atom stereocenters. The Balaban J connectivity index is 1.72. The lowest BCUT2D eigenvalue weighted by molar-refractivity contribution is 0.328. The average molecular weight is 310 g/mol. The fourth-order valence-electron chi connectivity index (χ4n) is 3.71. The van der Waals surface area contributed by atoms with Crippen LogP contribution in [-0.2, 0) is 5.41 Å². The van der Waals surface area contributed by atoms with Crippen LogP contribution in [0.3, 0.4) is 0 Å². The van der Waals surface area contributed by atoms with Crippen LogP contribution in [0.15, 0.2) is 30.5 Å². The van der Waals surface area contributed by atoms with E-state index in [2.05, 4.69) is 27.8 Å². The van der Waals surface area contributed by atoms with Crippen LogP contribution in [0.1, 0.15) is 25.3 Å². The van der Waals surface area contributed by atoms with Gasteiger partial charge in [0, 0.05) is 23.7 Å². The maximum absolute atomic E-state index is 5.64. The topological polar surface area (TPSA) is 59.1 Å². The molecule has 4 rings (SSSR count). The van der Waals surface area contributed by atoms with Gasteiger partial charge in [0.05, 0.1) is 17.9 Å². The zero-order chi connectivity index (χ0) is 15.7. The van der Waals surface area contributed by atoms with E-state index in [9.17, 15) is 0 Å². The van der Waals surface area contributed by atoms with Crippen LogP contribution >= 0.6 is 0 Å². The zero-order valence-electron chi connectivity index (χ0n) is 13.4. The van der Waals surface area contributed by atoms with Crippen molar-refractivity contribution in [1.82, 2.24) is 15.3 Å². The molecule has 1 saturated heterocycles. The number of nitrogens with zero attached hydrogens (tertiary/aromatic N) is 2. The Labute approximate surface area is 136 Å². The van der Waals surface area contributed by atoms with Gasteiger partial charge >= 0.3 is 0 Å². The molecule has 2 aromatic rings. The molecule has 2 aromatic heterocycles. The first-order valence-corrected chi connectivity index (χ1v) is 8.37. The van der Waals surface area contributed by atoms with Gasteiger partial charge in [0.2, 0.25) is 5.88 Å². The molecule has 2 N–H and O–H groups in total. The Morgan fingerprint density at radius 2 is 2.09 bits per heavy atom. The van der Waals surface area contributed by atoms with Crippen LogP contribution in [0.2, 0.25) is 0 Å². The molecule has 1 spiro atoms. The molecule has 0 radical (unpaired) electrons. The van der Waals surface area contributed by atoms with Gasteiger partial charge < -0.3 is 15.4 Å². The van der Waals surface area contributed by atoms with Crippen molar-refractivity contribution in [2.24, 2.45) is 0 Å². The van der Waals surface area contributed by atoms with Gasteiger partial charge in [-0.25, -0.2) is 9.97 Å². The second-order valence-electron chi connectivity index (χ2n) is 6.27. The SMILES string of the molecule is CCOc1ncccc1-c1ccc2c(n1)NCC21CCNCC1. The van der Waals surface area contributed by atoms with Crippen molar-refractivity contribution < 1.29 is 4.74 Å². The van der Waals surface area contributed by atoms with Crippen LogP contribution in [0, 0.1) is 0 Å². The summed E-state index contributed by atoms with van der Waals surface area (Å²) in [5, 5.41) is 6.97. The highest BCUT2D eigenvalue weighted by molar-refractivity contribution is 5.69. The molecule has 0 amide bonds. The molecule has 0 atom stereocenters. The zero-order valence-corrected chi connectivity index (χ0v) is 13.4. The molecule has 0 bridgehead atoms. The first kappa shape index (κ1) is 14.5. The Kier molecular flexibility index (Phi) is 3.65. The standard InChI is InChI=1S/C18H22N4O/c1-2-23-17-13(4-3-9-20-17)15-6-5-14-16(22-15)21-12-18(14)7-10-19-11-8-18/h3-6,9,19H,2,7-8,10-12H2,1H3,(H,21,22). The van der Waals surface area contributed by atoms with Gasteiger partial charge in [-0.15, -0.1) is 0 Å². The number of fused-ring (bicyclic) bond motifs is 2. The summed E-state index contributed by atoms with van der Waals surface area (Å²) < 4.78 is 5.64. The second kappa shape index (κ2) is 5.81. The lowest BCUT2D eigenvalue weighted by atomic mass is 9.75. The Morgan fingerprint density at radius 1 is 1.22 bits per heavy atom. The van der Waals surface area contributed by atoms with Gasteiger partial charge in [-0.05, 0) is 51.1 Å². The molecule has 1 fully saturated rings. The highest BCUT2D eigenvalue weighted by Gasteiger charge is 2.40. The predicted molar refractivity (Wildman–Crippen MR) is 90.9 cm³/mol. The summed E-state index contributed by atoms with van der Waals surface area (Å²) in [7, 11) is 0. The van der Waals surface area contributed by atoms with E-state index in [4.69, 9.17) is 9.72 Å². The molecule has 5 heteroatoms. The summed E-state index contributed by atoms with van der Waals surface area (Å²) in [6.07, 6.45) is 4.10. The summed E-state index contributed by atoms with van der Waals surface area (Å²) in [5.41, 5.74) is 3.48. The number of rotatable bonds is 3. The number of pyridine rings is 2. The first-order valence-electron chi connectivity index (χ1n) is 8.37. The van der Waals surface area contributed by atoms with E-state index in [0.29, 0.717) is 12.5 Å². The largest absolute Gasteiger partial charge is 0.477 e. The summed E-state index contributed by atoms with van der Waals surface area (Å²) in [6.45, 7) is 5.73. The molecule has 2 aliphatic heterocycles. The number of hydrogen-bond acceptors (Lipinski definition) is 5. The van der Waals surface area contributed by atoms with Crippen molar-refractivity contribution in [3.63, 3.8) is 0 Å². The average Bonchev–Trinajstić information content (AvgIpc) is 2.94. The fraction of sp³-hybridized carbons (Fsp3) is 0.444. The predicted octanol–water partition coefficient (Wildman–Crippen LogP) is 2.59. The van der Waals surface area contributed by atoms with Gasteiger partial charge in [0.15, 0.2) is 0 Å². The molecule has 4 heterocycles. The second-order valence-corrected chi connectivity index (χ2v) is 6.27. The molecular formula is C18H22N4O. The molecule has 0 aliphatic carbocycles. The lowest BCUT2D eigenvalue weighted by Crippen LogP contribution is -2.41. The van der Waals surface area contributed by atoms with Gasteiger partial charge in [-0.3, -0.25) is 0 Å². The van der Waals surface area contributed by atoms with E-state index in [-0.39, 0.29) is 5.41 Å². The van der Waals surface area contributed by atoms with Crippen molar-refractivity contribution in [2.75, 3.05) is 31.6 Å². The number of ether oxygens (including phenoxy) is 1. The third kappa shape index (κ3) is 2.45. The number of aromatic nitrogens is 2. The Hall–Kier alpha value is -2.14. The number of piperidine rings is 1. The molecule has 5 nitrogen and oxygen atoms in total. The molecule has 0 saturated carbocycles. The third-order valence-corrected chi connectivity index (χ3v) is 4.95. The summed E-state index contributed by atoms with van der Waals surface area (Å²) in [4.78, 5) is 9.20. The molecule has 0 aromatic carbocycles. The van der Waals surface area contributed by atoms with Crippen LogP contribution in [0.5, 0.6) is 5.88 Å². The van der Waals surface area contributed by atoms with E-state index < -0.39 is 0 Å².